The molecule has 1 amide bonds. The number of aryl methyl sites for hydroxylation is 2. The van der Waals surface area contributed by atoms with Crippen molar-refractivity contribution in [2.24, 2.45) is 0 Å². The molecule has 36 heavy (non-hydrogen) atoms. The van der Waals surface area contributed by atoms with Gasteiger partial charge in [-0.15, -0.1) is 0 Å². The SMILES string of the molecule is Cc1ccc(NC(=O)CCN2C(=S)N[C@H](c3ccccn3)[C@@H]2c2ccc(C)n2-c2cccnc2)cc1. The number of hydrogen-bond acceptors (Lipinski definition) is 4. The van der Waals surface area contributed by atoms with Gasteiger partial charge in [-0.25, -0.2) is 0 Å². The number of hydrogen-bond donors (Lipinski definition) is 2. The third-order valence-electron chi connectivity index (χ3n) is 6.43. The molecule has 7 nitrogen and oxygen atoms in total. The molecule has 0 bridgehead atoms. The highest BCUT2D eigenvalue weighted by atomic mass is 32.1. The molecule has 182 valence electrons. The Labute approximate surface area is 216 Å². The molecule has 1 aliphatic rings. The number of rotatable bonds is 7. The van der Waals surface area contributed by atoms with Gasteiger partial charge in [0.1, 0.15) is 0 Å². The maximum absolute atomic E-state index is 12.8. The first-order valence-electron chi connectivity index (χ1n) is 11.9. The number of carbonyl (C=O) groups excluding carboxylic acids is 1. The summed E-state index contributed by atoms with van der Waals surface area (Å²) in [6.07, 6.45) is 5.71. The molecule has 2 atom stereocenters. The summed E-state index contributed by atoms with van der Waals surface area (Å²) in [5.74, 6) is -0.0551. The van der Waals surface area contributed by atoms with E-state index in [0.717, 1.165) is 34.0 Å². The van der Waals surface area contributed by atoms with Crippen LogP contribution in [-0.2, 0) is 4.79 Å². The third-order valence-corrected chi connectivity index (χ3v) is 6.78. The molecular formula is C28H28N6OS. The predicted octanol–water partition coefficient (Wildman–Crippen LogP) is 4.89. The van der Waals surface area contributed by atoms with Crippen molar-refractivity contribution in [1.29, 1.82) is 0 Å². The molecule has 0 aliphatic carbocycles. The van der Waals surface area contributed by atoms with Crippen LogP contribution in [0.3, 0.4) is 0 Å². The Hall–Kier alpha value is -4.04. The Morgan fingerprint density at radius 3 is 2.58 bits per heavy atom. The van der Waals surface area contributed by atoms with E-state index in [4.69, 9.17) is 12.2 Å². The van der Waals surface area contributed by atoms with E-state index in [1.165, 1.54) is 0 Å². The van der Waals surface area contributed by atoms with E-state index in [1.54, 1.807) is 12.4 Å². The van der Waals surface area contributed by atoms with Crippen molar-refractivity contribution in [3.05, 3.63) is 108 Å². The lowest BCUT2D eigenvalue weighted by molar-refractivity contribution is -0.116. The van der Waals surface area contributed by atoms with Crippen LogP contribution >= 0.6 is 12.2 Å². The fraction of sp³-hybridized carbons (Fsp3) is 0.214. The van der Waals surface area contributed by atoms with E-state index in [1.807, 2.05) is 67.7 Å². The van der Waals surface area contributed by atoms with Gasteiger partial charge < -0.3 is 20.1 Å². The van der Waals surface area contributed by atoms with Gasteiger partial charge in [0, 0.05) is 42.4 Å². The van der Waals surface area contributed by atoms with Crippen LogP contribution in [-0.4, -0.2) is 37.0 Å². The number of pyridine rings is 2. The van der Waals surface area contributed by atoms with Crippen molar-refractivity contribution in [3.63, 3.8) is 0 Å². The number of amides is 1. The number of benzene rings is 1. The summed E-state index contributed by atoms with van der Waals surface area (Å²) in [7, 11) is 0. The van der Waals surface area contributed by atoms with E-state index >= 15 is 0 Å². The van der Waals surface area contributed by atoms with Crippen LogP contribution in [0.25, 0.3) is 5.69 Å². The molecule has 4 aromatic rings. The summed E-state index contributed by atoms with van der Waals surface area (Å²) in [6.45, 7) is 4.56. The summed E-state index contributed by atoms with van der Waals surface area (Å²) in [5.41, 5.74) is 5.96. The zero-order valence-corrected chi connectivity index (χ0v) is 21.1. The molecule has 1 fully saturated rings. The lowest BCUT2D eigenvalue weighted by atomic mass is 10.0. The number of nitrogens with zero attached hydrogens (tertiary/aromatic N) is 4. The Morgan fingerprint density at radius 2 is 1.86 bits per heavy atom. The van der Waals surface area contributed by atoms with Crippen LogP contribution in [0.5, 0.6) is 0 Å². The molecule has 1 aromatic carbocycles. The second kappa shape index (κ2) is 10.3. The molecule has 0 radical (unpaired) electrons. The normalized spacial score (nSPS) is 17.2. The lowest BCUT2D eigenvalue weighted by Gasteiger charge is -2.29. The Bertz CT molecular complexity index is 1350. The first-order valence-corrected chi connectivity index (χ1v) is 12.4. The summed E-state index contributed by atoms with van der Waals surface area (Å²) >= 11 is 5.79. The van der Waals surface area contributed by atoms with Crippen molar-refractivity contribution in [3.8, 4) is 5.69 Å². The van der Waals surface area contributed by atoms with Crippen molar-refractivity contribution in [2.45, 2.75) is 32.4 Å². The molecule has 1 saturated heterocycles. The number of carbonyl (C=O) groups is 1. The quantitative estimate of drug-likeness (QED) is 0.355. The Morgan fingerprint density at radius 1 is 1.03 bits per heavy atom. The van der Waals surface area contributed by atoms with Gasteiger partial charge in [-0.05, 0) is 74.6 Å². The molecule has 1 aliphatic heterocycles. The van der Waals surface area contributed by atoms with Crippen molar-refractivity contribution in [2.75, 3.05) is 11.9 Å². The highest BCUT2D eigenvalue weighted by Crippen LogP contribution is 2.40. The fourth-order valence-corrected chi connectivity index (χ4v) is 5.01. The fourth-order valence-electron chi connectivity index (χ4n) is 4.68. The second-order valence-corrected chi connectivity index (χ2v) is 9.32. The average Bonchev–Trinajstić information content (AvgIpc) is 3.44. The zero-order valence-electron chi connectivity index (χ0n) is 20.3. The predicted molar refractivity (Wildman–Crippen MR) is 145 cm³/mol. The second-order valence-electron chi connectivity index (χ2n) is 8.93. The van der Waals surface area contributed by atoms with Crippen LogP contribution in [0.15, 0.2) is 85.3 Å². The molecular weight excluding hydrogens is 468 g/mol. The standard InChI is InChI=1S/C28H28N6OS/c1-19-8-11-21(12-9-19)31-25(35)14-17-33-27(26(32-28(33)36)23-7-3-4-16-30-23)24-13-10-20(2)34(24)22-6-5-15-29-18-22/h3-13,15-16,18,26-27H,14,17H2,1-2H3,(H,31,35)(H,32,36)/t26-,27+/m1/s1. The van der Waals surface area contributed by atoms with Gasteiger partial charge in [0.15, 0.2) is 5.11 Å². The smallest absolute Gasteiger partial charge is 0.226 e. The first-order chi connectivity index (χ1) is 17.5. The average molecular weight is 497 g/mol. The van der Waals surface area contributed by atoms with Crippen LogP contribution in [0.2, 0.25) is 0 Å². The number of anilines is 1. The van der Waals surface area contributed by atoms with E-state index in [2.05, 4.69) is 49.1 Å². The first kappa shape index (κ1) is 23.7. The van der Waals surface area contributed by atoms with Crippen molar-refractivity contribution >= 4 is 28.9 Å². The number of thiocarbonyl (C=S) groups is 1. The van der Waals surface area contributed by atoms with Gasteiger partial charge in [0.25, 0.3) is 0 Å². The molecule has 0 spiro atoms. The maximum Gasteiger partial charge on any atom is 0.226 e. The largest absolute Gasteiger partial charge is 0.352 e. The van der Waals surface area contributed by atoms with Crippen LogP contribution in [0, 0.1) is 13.8 Å². The molecule has 8 heteroatoms. The molecule has 4 heterocycles. The van der Waals surface area contributed by atoms with Crippen LogP contribution in [0.4, 0.5) is 5.69 Å². The number of nitrogens with one attached hydrogen (secondary N) is 2. The van der Waals surface area contributed by atoms with E-state index < -0.39 is 0 Å². The van der Waals surface area contributed by atoms with Gasteiger partial charge in [-0.1, -0.05) is 23.8 Å². The molecule has 0 saturated carbocycles. The topological polar surface area (TPSA) is 75.1 Å². The van der Waals surface area contributed by atoms with Gasteiger partial charge in [0.2, 0.25) is 5.91 Å². The lowest BCUT2D eigenvalue weighted by Crippen LogP contribution is -2.33. The highest BCUT2D eigenvalue weighted by molar-refractivity contribution is 7.80. The van der Waals surface area contributed by atoms with Gasteiger partial charge in [-0.2, -0.15) is 0 Å². The molecule has 2 N–H and O–H groups in total. The van der Waals surface area contributed by atoms with E-state index in [9.17, 15) is 4.79 Å². The van der Waals surface area contributed by atoms with Crippen LogP contribution < -0.4 is 10.6 Å². The van der Waals surface area contributed by atoms with Gasteiger partial charge in [-0.3, -0.25) is 14.8 Å². The summed E-state index contributed by atoms with van der Waals surface area (Å²) in [5, 5.41) is 7.07. The highest BCUT2D eigenvalue weighted by Gasteiger charge is 2.41. The van der Waals surface area contributed by atoms with E-state index in [0.29, 0.717) is 18.1 Å². The number of aromatic nitrogens is 3. The Balaban J connectivity index is 1.45. The molecule has 5 rings (SSSR count). The summed E-state index contributed by atoms with van der Waals surface area (Å²) in [6, 6.07) is 21.6. The summed E-state index contributed by atoms with van der Waals surface area (Å²) < 4.78 is 2.20. The minimum atomic E-state index is -0.163. The summed E-state index contributed by atoms with van der Waals surface area (Å²) in [4.78, 5) is 23.9. The van der Waals surface area contributed by atoms with Crippen molar-refractivity contribution in [1.82, 2.24) is 24.8 Å². The van der Waals surface area contributed by atoms with Gasteiger partial charge in [0.05, 0.1) is 29.7 Å². The van der Waals surface area contributed by atoms with Crippen LogP contribution in [0.1, 0.15) is 41.1 Å². The molecule has 0 unspecified atom stereocenters. The third kappa shape index (κ3) is 4.85. The van der Waals surface area contributed by atoms with Gasteiger partial charge >= 0.3 is 0 Å². The Kier molecular flexibility index (Phi) is 6.77. The van der Waals surface area contributed by atoms with Crippen molar-refractivity contribution < 1.29 is 4.79 Å². The minimum absolute atomic E-state index is 0.0551. The zero-order chi connectivity index (χ0) is 25.1. The van der Waals surface area contributed by atoms with E-state index in [-0.39, 0.29) is 18.0 Å². The monoisotopic (exact) mass is 496 g/mol. The minimum Gasteiger partial charge on any atom is -0.352 e. The maximum atomic E-state index is 12.8. The molecule has 3 aromatic heterocycles.